The largest absolute Gasteiger partial charge is 0.264 e. The molecule has 0 saturated heterocycles. The number of aromatic nitrogens is 3. The zero-order valence-corrected chi connectivity index (χ0v) is 15.2. The van der Waals surface area contributed by atoms with E-state index in [4.69, 9.17) is 0 Å². The van der Waals surface area contributed by atoms with Gasteiger partial charge in [0.05, 0.1) is 11.2 Å². The SMILES string of the molecule is CC(=NNc1nc(-c2cccnc2)nc2ccccc12)c1ccc(C)cc1. The van der Waals surface area contributed by atoms with Crippen LogP contribution in [0.25, 0.3) is 22.3 Å². The molecule has 0 aliphatic carbocycles. The molecule has 0 unspecified atom stereocenters. The van der Waals surface area contributed by atoms with Gasteiger partial charge in [-0.1, -0.05) is 42.0 Å². The van der Waals surface area contributed by atoms with Crippen LogP contribution in [0, 0.1) is 6.92 Å². The third-order valence-corrected chi connectivity index (χ3v) is 4.32. The van der Waals surface area contributed by atoms with Gasteiger partial charge in [-0.15, -0.1) is 0 Å². The first-order valence-corrected chi connectivity index (χ1v) is 8.75. The van der Waals surface area contributed by atoms with Crippen molar-refractivity contribution in [1.29, 1.82) is 0 Å². The fourth-order valence-electron chi connectivity index (χ4n) is 2.78. The lowest BCUT2D eigenvalue weighted by atomic mass is 10.1. The molecule has 0 radical (unpaired) electrons. The second-order valence-electron chi connectivity index (χ2n) is 6.33. The third kappa shape index (κ3) is 3.67. The van der Waals surface area contributed by atoms with Gasteiger partial charge >= 0.3 is 0 Å². The van der Waals surface area contributed by atoms with E-state index in [1.165, 1.54) is 5.56 Å². The highest BCUT2D eigenvalue weighted by molar-refractivity contribution is 5.99. The highest BCUT2D eigenvalue weighted by Crippen LogP contribution is 2.24. The molecule has 132 valence electrons. The lowest BCUT2D eigenvalue weighted by Crippen LogP contribution is -2.03. The van der Waals surface area contributed by atoms with Crippen molar-refractivity contribution in [3.63, 3.8) is 0 Å². The molecule has 0 aliphatic rings. The summed E-state index contributed by atoms with van der Waals surface area (Å²) < 4.78 is 0. The van der Waals surface area contributed by atoms with E-state index in [1.54, 1.807) is 12.4 Å². The Morgan fingerprint density at radius 2 is 1.74 bits per heavy atom. The van der Waals surface area contributed by atoms with Crippen LogP contribution in [-0.4, -0.2) is 20.7 Å². The smallest absolute Gasteiger partial charge is 0.163 e. The number of benzene rings is 2. The molecule has 5 nitrogen and oxygen atoms in total. The first-order chi connectivity index (χ1) is 13.2. The van der Waals surface area contributed by atoms with Crippen molar-refractivity contribution in [2.45, 2.75) is 13.8 Å². The minimum absolute atomic E-state index is 0.618. The van der Waals surface area contributed by atoms with Gasteiger partial charge in [0.15, 0.2) is 11.6 Å². The highest BCUT2D eigenvalue weighted by Gasteiger charge is 2.09. The fraction of sp³-hybridized carbons (Fsp3) is 0.0909. The van der Waals surface area contributed by atoms with E-state index in [-0.39, 0.29) is 0 Å². The number of hydrazone groups is 1. The lowest BCUT2D eigenvalue weighted by Gasteiger charge is -2.09. The van der Waals surface area contributed by atoms with E-state index in [2.05, 4.69) is 56.7 Å². The van der Waals surface area contributed by atoms with Crippen molar-refractivity contribution in [2.24, 2.45) is 5.10 Å². The molecule has 0 aliphatic heterocycles. The monoisotopic (exact) mass is 353 g/mol. The zero-order valence-electron chi connectivity index (χ0n) is 15.2. The number of para-hydroxylation sites is 1. The summed E-state index contributed by atoms with van der Waals surface area (Å²) in [5, 5.41) is 5.46. The van der Waals surface area contributed by atoms with Crippen LogP contribution in [-0.2, 0) is 0 Å². The maximum atomic E-state index is 4.68. The maximum absolute atomic E-state index is 4.68. The van der Waals surface area contributed by atoms with E-state index in [0.717, 1.165) is 27.7 Å². The first-order valence-electron chi connectivity index (χ1n) is 8.75. The summed E-state index contributed by atoms with van der Waals surface area (Å²) in [4.78, 5) is 13.5. The molecule has 1 N–H and O–H groups in total. The van der Waals surface area contributed by atoms with Crippen molar-refractivity contribution in [3.05, 3.63) is 84.2 Å². The number of hydrogen-bond donors (Lipinski definition) is 1. The van der Waals surface area contributed by atoms with Crippen LogP contribution < -0.4 is 5.43 Å². The summed E-state index contributed by atoms with van der Waals surface area (Å²) in [6.07, 6.45) is 3.49. The fourth-order valence-corrected chi connectivity index (χ4v) is 2.78. The van der Waals surface area contributed by atoms with Gasteiger partial charge in [0.2, 0.25) is 0 Å². The number of aryl methyl sites for hydroxylation is 1. The predicted molar refractivity (Wildman–Crippen MR) is 110 cm³/mol. The molecule has 4 aromatic rings. The second-order valence-corrected chi connectivity index (χ2v) is 6.33. The topological polar surface area (TPSA) is 63.1 Å². The number of rotatable bonds is 4. The molecule has 0 saturated carbocycles. The first kappa shape index (κ1) is 16.8. The van der Waals surface area contributed by atoms with Gasteiger partial charge in [0.25, 0.3) is 0 Å². The minimum Gasteiger partial charge on any atom is -0.264 e. The number of nitrogens with one attached hydrogen (secondary N) is 1. The average molecular weight is 353 g/mol. The van der Waals surface area contributed by atoms with Gasteiger partial charge < -0.3 is 0 Å². The van der Waals surface area contributed by atoms with Gasteiger partial charge in [0, 0.05) is 23.3 Å². The standard InChI is InChI=1S/C22H19N5/c1-15-9-11-17(12-10-15)16(2)26-27-22-19-7-3-4-8-20(19)24-21(25-22)18-6-5-13-23-14-18/h3-14H,1-2H3,(H,24,25,27). The van der Waals surface area contributed by atoms with Crippen LogP contribution in [0.4, 0.5) is 5.82 Å². The van der Waals surface area contributed by atoms with Gasteiger partial charge in [-0.3, -0.25) is 10.4 Å². The summed E-state index contributed by atoms with van der Waals surface area (Å²) in [6, 6.07) is 20.0. The molecule has 0 fully saturated rings. The molecule has 0 atom stereocenters. The number of fused-ring (bicyclic) bond motifs is 1. The van der Waals surface area contributed by atoms with Crippen molar-refractivity contribution in [1.82, 2.24) is 15.0 Å². The Morgan fingerprint density at radius 3 is 2.52 bits per heavy atom. The molecule has 0 bridgehead atoms. The summed E-state index contributed by atoms with van der Waals surface area (Å²) in [7, 11) is 0. The van der Waals surface area contributed by atoms with Crippen molar-refractivity contribution in [3.8, 4) is 11.4 Å². The Bertz CT molecular complexity index is 1100. The Labute approximate surface area is 157 Å². The van der Waals surface area contributed by atoms with Gasteiger partial charge in [-0.2, -0.15) is 5.10 Å². The molecule has 0 spiro atoms. The number of nitrogens with zero attached hydrogens (tertiary/aromatic N) is 4. The number of pyridine rings is 1. The van der Waals surface area contributed by atoms with Crippen LogP contribution in [0.3, 0.4) is 0 Å². The Morgan fingerprint density at radius 1 is 0.926 bits per heavy atom. The molecule has 5 heteroatoms. The predicted octanol–water partition coefficient (Wildman–Crippen LogP) is 4.84. The molecule has 2 heterocycles. The van der Waals surface area contributed by atoms with Crippen LogP contribution in [0.1, 0.15) is 18.1 Å². The minimum atomic E-state index is 0.618. The van der Waals surface area contributed by atoms with E-state index < -0.39 is 0 Å². The Balaban J connectivity index is 1.74. The van der Waals surface area contributed by atoms with Crippen molar-refractivity contribution < 1.29 is 0 Å². The summed E-state index contributed by atoms with van der Waals surface area (Å²) in [5.41, 5.74) is 8.03. The third-order valence-electron chi connectivity index (χ3n) is 4.32. The van der Waals surface area contributed by atoms with E-state index in [0.29, 0.717) is 11.6 Å². The van der Waals surface area contributed by atoms with Crippen molar-refractivity contribution in [2.75, 3.05) is 5.43 Å². The average Bonchev–Trinajstić information content (AvgIpc) is 2.72. The van der Waals surface area contributed by atoms with Gasteiger partial charge in [0.1, 0.15) is 0 Å². The molecule has 4 rings (SSSR count). The quantitative estimate of drug-likeness (QED) is 0.421. The number of anilines is 1. The maximum Gasteiger partial charge on any atom is 0.163 e. The van der Waals surface area contributed by atoms with E-state index in [9.17, 15) is 0 Å². The molecule has 2 aromatic carbocycles. The number of hydrogen-bond acceptors (Lipinski definition) is 5. The summed E-state index contributed by atoms with van der Waals surface area (Å²) in [6.45, 7) is 4.05. The van der Waals surface area contributed by atoms with Crippen LogP contribution >= 0.6 is 0 Å². The van der Waals surface area contributed by atoms with Crippen LogP contribution in [0.2, 0.25) is 0 Å². The zero-order chi connectivity index (χ0) is 18.6. The normalized spacial score (nSPS) is 11.6. The second kappa shape index (κ2) is 7.33. The molecule has 2 aromatic heterocycles. The van der Waals surface area contributed by atoms with Gasteiger partial charge in [-0.25, -0.2) is 9.97 Å². The van der Waals surface area contributed by atoms with Crippen molar-refractivity contribution >= 4 is 22.4 Å². The Hall–Kier alpha value is -3.60. The highest BCUT2D eigenvalue weighted by atomic mass is 15.3. The van der Waals surface area contributed by atoms with E-state index >= 15 is 0 Å². The molecule has 27 heavy (non-hydrogen) atoms. The summed E-state index contributed by atoms with van der Waals surface area (Å²) >= 11 is 0. The Kier molecular flexibility index (Phi) is 4.58. The lowest BCUT2D eigenvalue weighted by molar-refractivity contribution is 1.17. The van der Waals surface area contributed by atoms with Crippen LogP contribution in [0.15, 0.2) is 78.2 Å². The van der Waals surface area contributed by atoms with Gasteiger partial charge in [-0.05, 0) is 43.7 Å². The molecular weight excluding hydrogens is 334 g/mol. The van der Waals surface area contributed by atoms with E-state index in [1.807, 2.05) is 43.3 Å². The molecule has 0 amide bonds. The summed E-state index contributed by atoms with van der Waals surface area (Å²) in [5.74, 6) is 1.29. The molecular formula is C22H19N5. The van der Waals surface area contributed by atoms with Crippen LogP contribution in [0.5, 0.6) is 0 Å².